The first-order chi connectivity index (χ1) is 11.5. The van der Waals surface area contributed by atoms with Gasteiger partial charge in [0.2, 0.25) is 0 Å². The molecule has 1 heterocycles. The molecule has 2 aromatic rings. The van der Waals surface area contributed by atoms with E-state index in [1.165, 1.54) is 6.07 Å². The quantitative estimate of drug-likeness (QED) is 0.818. The van der Waals surface area contributed by atoms with Crippen molar-refractivity contribution in [1.29, 1.82) is 0 Å². The monoisotopic (exact) mass is 391 g/mol. The van der Waals surface area contributed by atoms with Gasteiger partial charge in [-0.1, -0.05) is 12.1 Å². The molecule has 24 heavy (non-hydrogen) atoms. The van der Waals surface area contributed by atoms with Crippen molar-refractivity contribution >= 4 is 33.3 Å². The predicted octanol–water partition coefficient (Wildman–Crippen LogP) is 4.30. The average Bonchev–Trinajstić information content (AvgIpc) is 3.00. The van der Waals surface area contributed by atoms with E-state index >= 15 is 0 Å². The molecule has 0 radical (unpaired) electrons. The molecular formula is C18H19BrFN3O. The minimum absolute atomic E-state index is 0.0675. The van der Waals surface area contributed by atoms with Gasteiger partial charge in [-0.05, 0) is 65.2 Å². The van der Waals surface area contributed by atoms with Gasteiger partial charge in [0.25, 0.3) is 0 Å². The summed E-state index contributed by atoms with van der Waals surface area (Å²) in [6.45, 7) is 3.31. The van der Waals surface area contributed by atoms with Crippen LogP contribution in [-0.2, 0) is 0 Å². The fourth-order valence-corrected chi connectivity index (χ4v) is 3.23. The lowest BCUT2D eigenvalue weighted by Crippen LogP contribution is -2.39. The van der Waals surface area contributed by atoms with Gasteiger partial charge in [0, 0.05) is 29.3 Å². The normalized spacial score (nSPS) is 17.0. The highest BCUT2D eigenvalue weighted by Crippen LogP contribution is 2.23. The second-order valence-electron chi connectivity index (χ2n) is 5.94. The molecule has 6 heteroatoms. The van der Waals surface area contributed by atoms with Crippen LogP contribution in [0.15, 0.2) is 46.9 Å². The third kappa shape index (κ3) is 3.87. The van der Waals surface area contributed by atoms with E-state index in [9.17, 15) is 9.18 Å². The second-order valence-corrected chi connectivity index (χ2v) is 6.80. The van der Waals surface area contributed by atoms with Crippen LogP contribution in [0.5, 0.6) is 0 Å². The molecule has 4 nitrogen and oxygen atoms in total. The van der Waals surface area contributed by atoms with Crippen LogP contribution in [0.4, 0.5) is 20.6 Å². The highest BCUT2D eigenvalue weighted by Gasteiger charge is 2.24. The Labute approximate surface area is 149 Å². The average molecular weight is 392 g/mol. The number of rotatable bonds is 3. The van der Waals surface area contributed by atoms with E-state index in [-0.39, 0.29) is 17.9 Å². The van der Waals surface area contributed by atoms with Crippen LogP contribution >= 0.6 is 15.9 Å². The maximum Gasteiger partial charge on any atom is 0.319 e. The molecule has 2 amide bonds. The maximum atomic E-state index is 13.4. The summed E-state index contributed by atoms with van der Waals surface area (Å²) in [7, 11) is 0. The predicted molar refractivity (Wildman–Crippen MR) is 98.1 cm³/mol. The van der Waals surface area contributed by atoms with Crippen molar-refractivity contribution < 1.29 is 9.18 Å². The number of benzene rings is 2. The number of hydrogen-bond donors (Lipinski definition) is 2. The molecular weight excluding hydrogens is 373 g/mol. The summed E-state index contributed by atoms with van der Waals surface area (Å²) in [5.74, 6) is -0.194. The highest BCUT2D eigenvalue weighted by atomic mass is 79.9. The van der Waals surface area contributed by atoms with E-state index in [0.717, 1.165) is 28.8 Å². The van der Waals surface area contributed by atoms with Crippen LogP contribution in [0.1, 0.15) is 12.0 Å². The Hall–Kier alpha value is -2.08. The summed E-state index contributed by atoms with van der Waals surface area (Å²) < 4.78 is 14.2. The number of para-hydroxylation sites is 1. The van der Waals surface area contributed by atoms with Crippen molar-refractivity contribution in [3.8, 4) is 0 Å². The summed E-state index contributed by atoms with van der Waals surface area (Å²) in [5, 5.41) is 5.84. The fraction of sp³-hybridized carbons (Fsp3) is 0.278. The number of anilines is 2. The molecule has 3 rings (SSSR count). The second kappa shape index (κ2) is 7.21. The number of nitrogens with one attached hydrogen (secondary N) is 2. The summed E-state index contributed by atoms with van der Waals surface area (Å²) in [6.07, 6.45) is 0.861. The van der Waals surface area contributed by atoms with Crippen LogP contribution in [0.25, 0.3) is 0 Å². The van der Waals surface area contributed by atoms with Crippen molar-refractivity contribution in [2.24, 2.45) is 0 Å². The van der Waals surface area contributed by atoms with E-state index in [4.69, 9.17) is 0 Å². The molecule has 1 fully saturated rings. The van der Waals surface area contributed by atoms with E-state index in [1.807, 2.05) is 30.3 Å². The Morgan fingerprint density at radius 3 is 2.83 bits per heavy atom. The molecule has 0 aliphatic carbocycles. The molecule has 0 aromatic heterocycles. The lowest BCUT2D eigenvalue weighted by atomic mass is 10.2. The lowest BCUT2D eigenvalue weighted by molar-refractivity contribution is 0.249. The number of urea groups is 1. The van der Waals surface area contributed by atoms with Gasteiger partial charge in [-0.25, -0.2) is 9.18 Å². The van der Waals surface area contributed by atoms with Gasteiger partial charge in [0.05, 0.1) is 5.69 Å². The summed E-state index contributed by atoms with van der Waals surface area (Å²) >= 11 is 3.41. The molecule has 1 aliphatic heterocycles. The SMILES string of the molecule is Cc1cc(N2CC[C@@H](NC(=O)Nc3ccccc3Br)C2)ccc1F. The van der Waals surface area contributed by atoms with Gasteiger partial charge >= 0.3 is 6.03 Å². The molecule has 2 aromatic carbocycles. The third-order valence-electron chi connectivity index (χ3n) is 4.15. The first-order valence-electron chi connectivity index (χ1n) is 7.86. The molecule has 1 saturated heterocycles. The number of carbonyl (C=O) groups excluding carboxylic acids is 1. The van der Waals surface area contributed by atoms with E-state index in [1.54, 1.807) is 13.0 Å². The third-order valence-corrected chi connectivity index (χ3v) is 4.84. The summed E-state index contributed by atoms with van der Waals surface area (Å²) in [4.78, 5) is 14.3. The Balaban J connectivity index is 1.57. The van der Waals surface area contributed by atoms with E-state index in [2.05, 4.69) is 31.5 Å². The fourth-order valence-electron chi connectivity index (χ4n) is 2.84. The molecule has 1 aliphatic rings. The molecule has 0 unspecified atom stereocenters. The van der Waals surface area contributed by atoms with Gasteiger partial charge in [-0.3, -0.25) is 0 Å². The Morgan fingerprint density at radius 1 is 1.29 bits per heavy atom. The standard InChI is InChI=1S/C18H19BrFN3O/c1-12-10-14(6-7-16(12)20)23-9-8-13(11-23)21-18(24)22-17-5-3-2-4-15(17)19/h2-7,10,13H,8-9,11H2,1H3,(H2,21,22,24)/t13-/m1/s1. The number of nitrogens with zero attached hydrogens (tertiary/aromatic N) is 1. The number of hydrogen-bond acceptors (Lipinski definition) is 2. The van der Waals surface area contributed by atoms with Crippen molar-refractivity contribution in [3.05, 3.63) is 58.3 Å². The maximum absolute atomic E-state index is 13.4. The van der Waals surface area contributed by atoms with E-state index in [0.29, 0.717) is 12.1 Å². The number of halogens is 2. The number of carbonyl (C=O) groups is 1. The minimum atomic E-state index is -0.218. The molecule has 126 valence electrons. The largest absolute Gasteiger partial charge is 0.369 e. The Bertz CT molecular complexity index is 753. The van der Waals surface area contributed by atoms with Crippen LogP contribution in [0.2, 0.25) is 0 Å². The zero-order chi connectivity index (χ0) is 17.1. The van der Waals surface area contributed by atoms with Crippen molar-refractivity contribution in [1.82, 2.24) is 5.32 Å². The van der Waals surface area contributed by atoms with Gasteiger partial charge < -0.3 is 15.5 Å². The topological polar surface area (TPSA) is 44.4 Å². The highest BCUT2D eigenvalue weighted by molar-refractivity contribution is 9.10. The van der Waals surface area contributed by atoms with Gasteiger partial charge in [0.15, 0.2) is 0 Å². The first-order valence-corrected chi connectivity index (χ1v) is 8.65. The summed E-state index contributed by atoms with van der Waals surface area (Å²) in [5.41, 5.74) is 2.36. The number of amides is 2. The van der Waals surface area contributed by atoms with Crippen LogP contribution in [0.3, 0.4) is 0 Å². The summed E-state index contributed by atoms with van der Waals surface area (Å²) in [6, 6.07) is 12.5. The van der Waals surface area contributed by atoms with Crippen LogP contribution < -0.4 is 15.5 Å². The Kier molecular flexibility index (Phi) is 5.04. The zero-order valence-corrected chi connectivity index (χ0v) is 14.9. The lowest BCUT2D eigenvalue weighted by Gasteiger charge is -2.20. The van der Waals surface area contributed by atoms with Crippen molar-refractivity contribution in [2.45, 2.75) is 19.4 Å². The first kappa shape index (κ1) is 16.8. The molecule has 1 atom stereocenters. The number of aryl methyl sites for hydroxylation is 1. The van der Waals surface area contributed by atoms with Gasteiger partial charge in [-0.15, -0.1) is 0 Å². The van der Waals surface area contributed by atoms with Crippen LogP contribution in [-0.4, -0.2) is 25.2 Å². The molecule has 0 spiro atoms. The van der Waals surface area contributed by atoms with Gasteiger partial charge in [-0.2, -0.15) is 0 Å². The van der Waals surface area contributed by atoms with Gasteiger partial charge in [0.1, 0.15) is 5.82 Å². The molecule has 0 bridgehead atoms. The van der Waals surface area contributed by atoms with E-state index < -0.39 is 0 Å². The molecule has 2 N–H and O–H groups in total. The zero-order valence-electron chi connectivity index (χ0n) is 13.4. The van der Waals surface area contributed by atoms with Crippen molar-refractivity contribution in [2.75, 3.05) is 23.3 Å². The smallest absolute Gasteiger partial charge is 0.319 e. The molecule has 0 saturated carbocycles. The minimum Gasteiger partial charge on any atom is -0.369 e. The van der Waals surface area contributed by atoms with Crippen molar-refractivity contribution in [3.63, 3.8) is 0 Å². The Morgan fingerprint density at radius 2 is 2.08 bits per heavy atom. The van der Waals surface area contributed by atoms with Crippen LogP contribution in [0, 0.1) is 12.7 Å².